The van der Waals surface area contributed by atoms with Crippen LogP contribution >= 0.6 is 22.9 Å². The standard InChI is InChI=1S/C12H11ClN2OS/c13-10-3-1-2-9(6-10)4-5-15-12(16)11-7-14-8-17-11/h1-3,6-8H,4-5H2,(H,15,16). The molecule has 0 bridgehead atoms. The summed E-state index contributed by atoms with van der Waals surface area (Å²) in [5.41, 5.74) is 2.76. The van der Waals surface area contributed by atoms with Crippen LogP contribution in [0.4, 0.5) is 0 Å². The molecular weight excluding hydrogens is 256 g/mol. The van der Waals surface area contributed by atoms with Crippen molar-refractivity contribution in [2.24, 2.45) is 0 Å². The number of thiazole rings is 1. The first-order valence-corrected chi connectivity index (χ1v) is 6.42. The van der Waals surface area contributed by atoms with Crippen LogP contribution in [0.2, 0.25) is 5.02 Å². The van der Waals surface area contributed by atoms with Crippen LogP contribution in [0, 0.1) is 0 Å². The van der Waals surface area contributed by atoms with Crippen molar-refractivity contribution in [3.8, 4) is 0 Å². The number of amides is 1. The molecule has 1 aromatic heterocycles. The third-order valence-electron chi connectivity index (χ3n) is 2.24. The summed E-state index contributed by atoms with van der Waals surface area (Å²) < 4.78 is 0. The Morgan fingerprint density at radius 1 is 1.47 bits per heavy atom. The quantitative estimate of drug-likeness (QED) is 0.925. The summed E-state index contributed by atoms with van der Waals surface area (Å²) in [5, 5.41) is 3.56. The van der Waals surface area contributed by atoms with Gasteiger partial charge in [-0.2, -0.15) is 0 Å². The molecule has 1 N–H and O–H groups in total. The average Bonchev–Trinajstić information content (AvgIpc) is 2.82. The summed E-state index contributed by atoms with van der Waals surface area (Å²) in [7, 11) is 0. The fourth-order valence-electron chi connectivity index (χ4n) is 1.43. The molecule has 0 aliphatic carbocycles. The van der Waals surface area contributed by atoms with Crippen molar-refractivity contribution in [3.05, 3.63) is 51.4 Å². The zero-order valence-electron chi connectivity index (χ0n) is 9.02. The van der Waals surface area contributed by atoms with Crippen molar-refractivity contribution >= 4 is 28.8 Å². The lowest BCUT2D eigenvalue weighted by Crippen LogP contribution is -2.24. The van der Waals surface area contributed by atoms with Gasteiger partial charge in [0, 0.05) is 11.6 Å². The van der Waals surface area contributed by atoms with Gasteiger partial charge in [-0.1, -0.05) is 23.7 Å². The van der Waals surface area contributed by atoms with Crippen LogP contribution in [0.25, 0.3) is 0 Å². The highest BCUT2D eigenvalue weighted by molar-refractivity contribution is 7.11. The van der Waals surface area contributed by atoms with Gasteiger partial charge >= 0.3 is 0 Å². The van der Waals surface area contributed by atoms with Gasteiger partial charge in [0.05, 0.1) is 11.7 Å². The van der Waals surface area contributed by atoms with Crippen molar-refractivity contribution in [3.63, 3.8) is 0 Å². The molecule has 0 spiro atoms. The molecule has 1 amide bonds. The molecule has 0 atom stereocenters. The molecule has 0 unspecified atom stereocenters. The Morgan fingerprint density at radius 2 is 2.35 bits per heavy atom. The fourth-order valence-corrected chi connectivity index (χ4v) is 2.18. The first kappa shape index (κ1) is 12.1. The number of carbonyl (C=O) groups excluding carboxylic acids is 1. The van der Waals surface area contributed by atoms with Crippen molar-refractivity contribution in [1.82, 2.24) is 10.3 Å². The van der Waals surface area contributed by atoms with Crippen LogP contribution in [-0.2, 0) is 6.42 Å². The van der Waals surface area contributed by atoms with E-state index in [9.17, 15) is 4.79 Å². The molecule has 0 fully saturated rings. The summed E-state index contributed by atoms with van der Waals surface area (Å²) >= 11 is 7.21. The number of benzene rings is 1. The second-order valence-electron chi connectivity index (χ2n) is 3.50. The Hall–Kier alpha value is -1.39. The molecular formula is C12H11ClN2OS. The molecule has 0 saturated carbocycles. The van der Waals surface area contributed by atoms with E-state index in [0.717, 1.165) is 17.0 Å². The average molecular weight is 267 g/mol. The molecule has 0 aliphatic heterocycles. The van der Waals surface area contributed by atoms with Gasteiger partial charge in [-0.3, -0.25) is 9.78 Å². The maximum absolute atomic E-state index is 11.6. The predicted molar refractivity (Wildman–Crippen MR) is 69.6 cm³/mol. The molecule has 2 aromatic rings. The van der Waals surface area contributed by atoms with Gasteiger partial charge in [-0.25, -0.2) is 0 Å². The second-order valence-corrected chi connectivity index (χ2v) is 4.82. The SMILES string of the molecule is O=C(NCCc1cccc(Cl)c1)c1cncs1. The molecule has 17 heavy (non-hydrogen) atoms. The number of carbonyl (C=O) groups is 1. The first-order valence-electron chi connectivity index (χ1n) is 5.17. The normalized spacial score (nSPS) is 10.2. The van der Waals surface area contributed by atoms with Gasteiger partial charge in [0.1, 0.15) is 4.88 Å². The fraction of sp³-hybridized carbons (Fsp3) is 0.167. The van der Waals surface area contributed by atoms with E-state index in [0.29, 0.717) is 11.4 Å². The van der Waals surface area contributed by atoms with Crippen LogP contribution in [0.15, 0.2) is 36.0 Å². The lowest BCUT2D eigenvalue weighted by atomic mass is 10.1. The summed E-state index contributed by atoms with van der Waals surface area (Å²) in [5.74, 6) is -0.0745. The topological polar surface area (TPSA) is 42.0 Å². The maximum atomic E-state index is 11.6. The van der Waals surface area contributed by atoms with E-state index in [4.69, 9.17) is 11.6 Å². The molecule has 0 saturated heterocycles. The van der Waals surface area contributed by atoms with E-state index >= 15 is 0 Å². The molecule has 3 nitrogen and oxygen atoms in total. The molecule has 2 rings (SSSR count). The van der Waals surface area contributed by atoms with Gasteiger partial charge in [-0.05, 0) is 24.1 Å². The number of nitrogens with one attached hydrogen (secondary N) is 1. The number of hydrogen-bond acceptors (Lipinski definition) is 3. The summed E-state index contributed by atoms with van der Waals surface area (Å²) in [6.45, 7) is 0.594. The maximum Gasteiger partial charge on any atom is 0.263 e. The Kier molecular flexibility index (Phi) is 4.12. The van der Waals surface area contributed by atoms with Crippen LogP contribution in [0.5, 0.6) is 0 Å². The van der Waals surface area contributed by atoms with E-state index < -0.39 is 0 Å². The highest BCUT2D eigenvalue weighted by Crippen LogP contribution is 2.11. The third kappa shape index (κ3) is 3.54. The molecule has 0 radical (unpaired) electrons. The summed E-state index contributed by atoms with van der Waals surface area (Å²) in [6, 6.07) is 7.63. The Morgan fingerprint density at radius 3 is 3.06 bits per heavy atom. The van der Waals surface area contributed by atoms with Gasteiger partial charge in [0.25, 0.3) is 5.91 Å². The molecule has 5 heteroatoms. The van der Waals surface area contributed by atoms with Gasteiger partial charge in [-0.15, -0.1) is 11.3 Å². The van der Waals surface area contributed by atoms with Crippen molar-refractivity contribution < 1.29 is 4.79 Å². The lowest BCUT2D eigenvalue weighted by Gasteiger charge is -2.03. The first-order chi connectivity index (χ1) is 8.25. The van der Waals surface area contributed by atoms with Crippen LogP contribution < -0.4 is 5.32 Å². The Balaban J connectivity index is 1.82. The van der Waals surface area contributed by atoms with Crippen molar-refractivity contribution in [2.45, 2.75) is 6.42 Å². The Bertz CT molecular complexity index is 499. The van der Waals surface area contributed by atoms with E-state index in [-0.39, 0.29) is 5.91 Å². The van der Waals surface area contributed by atoms with E-state index in [1.54, 1.807) is 11.7 Å². The van der Waals surface area contributed by atoms with E-state index in [1.165, 1.54) is 11.3 Å². The van der Waals surface area contributed by atoms with Crippen molar-refractivity contribution in [2.75, 3.05) is 6.54 Å². The minimum atomic E-state index is -0.0745. The van der Waals surface area contributed by atoms with Gasteiger partial charge < -0.3 is 5.32 Å². The number of nitrogens with zero attached hydrogens (tertiary/aromatic N) is 1. The predicted octanol–water partition coefficient (Wildman–Crippen LogP) is 2.77. The third-order valence-corrected chi connectivity index (χ3v) is 3.25. The summed E-state index contributed by atoms with van der Waals surface area (Å²) in [6.07, 6.45) is 2.34. The van der Waals surface area contributed by atoms with Crippen LogP contribution in [0.1, 0.15) is 15.2 Å². The van der Waals surface area contributed by atoms with E-state index in [1.807, 2.05) is 24.3 Å². The smallest absolute Gasteiger partial charge is 0.263 e. The number of rotatable bonds is 4. The monoisotopic (exact) mass is 266 g/mol. The Labute approximate surface area is 108 Å². The zero-order chi connectivity index (χ0) is 12.1. The van der Waals surface area contributed by atoms with Gasteiger partial charge in [0.2, 0.25) is 0 Å². The lowest BCUT2D eigenvalue weighted by molar-refractivity contribution is 0.0958. The van der Waals surface area contributed by atoms with Crippen LogP contribution in [-0.4, -0.2) is 17.4 Å². The molecule has 0 aliphatic rings. The molecule has 1 aromatic carbocycles. The van der Waals surface area contributed by atoms with Gasteiger partial charge in [0.15, 0.2) is 0 Å². The summed E-state index contributed by atoms with van der Waals surface area (Å²) in [4.78, 5) is 16.1. The van der Waals surface area contributed by atoms with Crippen molar-refractivity contribution in [1.29, 1.82) is 0 Å². The number of halogens is 1. The zero-order valence-corrected chi connectivity index (χ0v) is 10.6. The van der Waals surface area contributed by atoms with E-state index in [2.05, 4.69) is 10.3 Å². The number of aromatic nitrogens is 1. The largest absolute Gasteiger partial charge is 0.351 e. The highest BCUT2D eigenvalue weighted by atomic mass is 35.5. The van der Waals surface area contributed by atoms with Crippen LogP contribution in [0.3, 0.4) is 0 Å². The molecule has 1 heterocycles. The second kappa shape index (κ2) is 5.80. The molecule has 88 valence electrons. The minimum absolute atomic E-state index is 0.0745. The minimum Gasteiger partial charge on any atom is -0.351 e. The highest BCUT2D eigenvalue weighted by Gasteiger charge is 2.05. The number of hydrogen-bond donors (Lipinski definition) is 1.